The zero-order valence-electron chi connectivity index (χ0n) is 11.5. The first kappa shape index (κ1) is 14.1. The second-order valence-corrected chi connectivity index (χ2v) is 7.57. The smallest absolute Gasteiger partial charge is 0.222 e. The van der Waals surface area contributed by atoms with Crippen molar-refractivity contribution < 1.29 is 13.2 Å². The Morgan fingerprint density at radius 3 is 2.95 bits per heavy atom. The summed E-state index contributed by atoms with van der Waals surface area (Å²) < 4.78 is 24.5. The molecule has 0 aliphatic carbocycles. The SMILES string of the molecule is O=C(CCn1ncc2ccccc21)NC1CCS(=O)(=O)C1. The Balaban J connectivity index is 1.57. The predicted octanol–water partition coefficient (Wildman–Crippen LogP) is 0.730. The first-order valence-electron chi connectivity index (χ1n) is 6.94. The number of fused-ring (bicyclic) bond motifs is 1. The van der Waals surface area contributed by atoms with Crippen LogP contribution < -0.4 is 5.32 Å². The van der Waals surface area contributed by atoms with Crippen LogP contribution in [0.5, 0.6) is 0 Å². The molecule has 1 aliphatic heterocycles. The van der Waals surface area contributed by atoms with Gasteiger partial charge < -0.3 is 5.32 Å². The summed E-state index contributed by atoms with van der Waals surface area (Å²) in [6, 6.07) is 7.58. The monoisotopic (exact) mass is 307 g/mol. The van der Waals surface area contributed by atoms with Crippen molar-refractivity contribution in [2.75, 3.05) is 11.5 Å². The number of carbonyl (C=O) groups is 1. The summed E-state index contributed by atoms with van der Waals surface area (Å²) in [5, 5.41) is 8.09. The molecule has 0 radical (unpaired) electrons. The average molecular weight is 307 g/mol. The minimum Gasteiger partial charge on any atom is -0.352 e. The van der Waals surface area contributed by atoms with Gasteiger partial charge in [0.15, 0.2) is 9.84 Å². The third kappa shape index (κ3) is 3.24. The van der Waals surface area contributed by atoms with E-state index in [1.807, 2.05) is 24.3 Å². The van der Waals surface area contributed by atoms with Crippen LogP contribution in [0.3, 0.4) is 0 Å². The molecule has 1 N–H and O–H groups in total. The van der Waals surface area contributed by atoms with Gasteiger partial charge in [0.2, 0.25) is 5.91 Å². The molecule has 1 saturated heterocycles. The fraction of sp³-hybridized carbons (Fsp3) is 0.429. The minimum absolute atomic E-state index is 0.0590. The molecule has 2 heterocycles. The number of nitrogens with one attached hydrogen (secondary N) is 1. The molecule has 1 amide bonds. The van der Waals surface area contributed by atoms with E-state index in [-0.39, 0.29) is 23.5 Å². The van der Waals surface area contributed by atoms with Gasteiger partial charge in [-0.3, -0.25) is 9.48 Å². The summed E-state index contributed by atoms with van der Waals surface area (Å²) in [4.78, 5) is 11.9. The number of benzene rings is 1. The molecule has 2 aromatic rings. The lowest BCUT2D eigenvalue weighted by molar-refractivity contribution is -0.121. The van der Waals surface area contributed by atoms with E-state index in [2.05, 4.69) is 10.4 Å². The summed E-state index contributed by atoms with van der Waals surface area (Å²) in [5.74, 6) is 0.0993. The predicted molar refractivity (Wildman–Crippen MR) is 79.6 cm³/mol. The number of hydrogen-bond acceptors (Lipinski definition) is 4. The lowest BCUT2D eigenvalue weighted by atomic mass is 10.2. The Labute approximate surface area is 123 Å². The normalized spacial score (nSPS) is 20.7. The Kier molecular flexibility index (Phi) is 3.67. The molecule has 0 saturated carbocycles. The Bertz CT molecular complexity index is 767. The van der Waals surface area contributed by atoms with Crippen molar-refractivity contribution in [2.24, 2.45) is 0 Å². The van der Waals surface area contributed by atoms with Crippen molar-refractivity contribution >= 4 is 26.6 Å². The van der Waals surface area contributed by atoms with Crippen molar-refractivity contribution in [1.29, 1.82) is 0 Å². The third-order valence-corrected chi connectivity index (χ3v) is 5.47. The molecule has 1 aromatic heterocycles. The highest BCUT2D eigenvalue weighted by molar-refractivity contribution is 7.91. The van der Waals surface area contributed by atoms with Crippen molar-refractivity contribution in [3.63, 3.8) is 0 Å². The van der Waals surface area contributed by atoms with Gasteiger partial charge >= 0.3 is 0 Å². The van der Waals surface area contributed by atoms with Crippen LogP contribution in [0.25, 0.3) is 10.9 Å². The zero-order chi connectivity index (χ0) is 14.9. The Hall–Kier alpha value is -1.89. The first-order chi connectivity index (χ1) is 10.0. The van der Waals surface area contributed by atoms with Gasteiger partial charge in [-0.1, -0.05) is 18.2 Å². The standard InChI is InChI=1S/C14H17N3O3S/c18-14(16-12-6-8-21(19,20)10-12)5-7-17-13-4-2-1-3-11(13)9-15-17/h1-4,9,12H,5-8,10H2,(H,16,18). The van der Waals surface area contributed by atoms with E-state index in [0.717, 1.165) is 10.9 Å². The number of hydrogen-bond donors (Lipinski definition) is 1. The lowest BCUT2D eigenvalue weighted by Gasteiger charge is -2.11. The summed E-state index contributed by atoms with van der Waals surface area (Å²) in [5.41, 5.74) is 0.994. The van der Waals surface area contributed by atoms with Gasteiger partial charge in [0.25, 0.3) is 0 Å². The van der Waals surface area contributed by atoms with E-state index in [1.165, 1.54) is 0 Å². The molecule has 1 aliphatic rings. The van der Waals surface area contributed by atoms with Gasteiger partial charge in [-0.25, -0.2) is 8.42 Å². The van der Waals surface area contributed by atoms with E-state index < -0.39 is 9.84 Å². The van der Waals surface area contributed by atoms with E-state index in [0.29, 0.717) is 19.4 Å². The van der Waals surface area contributed by atoms with Gasteiger partial charge in [0.05, 0.1) is 29.8 Å². The maximum absolute atomic E-state index is 11.9. The number of para-hydroxylation sites is 1. The fourth-order valence-corrected chi connectivity index (χ4v) is 4.29. The number of aromatic nitrogens is 2. The van der Waals surface area contributed by atoms with Gasteiger partial charge in [-0.15, -0.1) is 0 Å². The molecular formula is C14H17N3O3S. The largest absolute Gasteiger partial charge is 0.352 e. The maximum Gasteiger partial charge on any atom is 0.222 e. The van der Waals surface area contributed by atoms with Crippen LogP contribution >= 0.6 is 0 Å². The van der Waals surface area contributed by atoms with Crippen LogP contribution in [-0.4, -0.2) is 41.7 Å². The average Bonchev–Trinajstić information content (AvgIpc) is 3.00. The number of aryl methyl sites for hydroxylation is 1. The maximum atomic E-state index is 11.9. The lowest BCUT2D eigenvalue weighted by Crippen LogP contribution is -2.36. The van der Waals surface area contributed by atoms with Gasteiger partial charge in [-0.05, 0) is 12.5 Å². The van der Waals surface area contributed by atoms with Crippen LogP contribution in [0.1, 0.15) is 12.8 Å². The molecule has 1 fully saturated rings. The molecule has 0 bridgehead atoms. The molecule has 6 nitrogen and oxygen atoms in total. The number of nitrogens with zero attached hydrogens (tertiary/aromatic N) is 2. The number of sulfone groups is 1. The van der Waals surface area contributed by atoms with Crippen molar-refractivity contribution in [2.45, 2.75) is 25.4 Å². The second-order valence-electron chi connectivity index (χ2n) is 5.34. The first-order valence-corrected chi connectivity index (χ1v) is 8.76. The summed E-state index contributed by atoms with van der Waals surface area (Å²) >= 11 is 0. The molecule has 3 rings (SSSR count). The summed E-state index contributed by atoms with van der Waals surface area (Å²) in [6.07, 6.45) is 2.58. The van der Waals surface area contributed by atoms with E-state index >= 15 is 0 Å². The van der Waals surface area contributed by atoms with Crippen LogP contribution in [0.15, 0.2) is 30.5 Å². The highest BCUT2D eigenvalue weighted by Crippen LogP contribution is 2.14. The quantitative estimate of drug-likeness (QED) is 0.903. The topological polar surface area (TPSA) is 81.1 Å². The molecule has 7 heteroatoms. The van der Waals surface area contributed by atoms with Gasteiger partial charge in [0, 0.05) is 17.8 Å². The van der Waals surface area contributed by atoms with Crippen LogP contribution in [0.2, 0.25) is 0 Å². The van der Waals surface area contributed by atoms with Crippen molar-refractivity contribution in [3.05, 3.63) is 30.5 Å². The van der Waals surface area contributed by atoms with Crippen molar-refractivity contribution in [3.8, 4) is 0 Å². The summed E-state index contributed by atoms with van der Waals surface area (Å²) in [6.45, 7) is 0.485. The van der Waals surface area contributed by atoms with Crippen molar-refractivity contribution in [1.82, 2.24) is 15.1 Å². The molecule has 21 heavy (non-hydrogen) atoms. The molecule has 1 aromatic carbocycles. The molecule has 1 unspecified atom stereocenters. The summed E-state index contributed by atoms with van der Waals surface area (Å²) in [7, 11) is -2.96. The van der Waals surface area contributed by atoms with E-state index in [4.69, 9.17) is 0 Å². The third-order valence-electron chi connectivity index (χ3n) is 3.70. The number of carbonyl (C=O) groups excluding carboxylic acids is 1. The fourth-order valence-electron chi connectivity index (χ4n) is 2.62. The van der Waals surface area contributed by atoms with E-state index in [9.17, 15) is 13.2 Å². The molecule has 1 atom stereocenters. The highest BCUT2D eigenvalue weighted by Gasteiger charge is 2.28. The number of amides is 1. The number of rotatable bonds is 4. The van der Waals surface area contributed by atoms with Crippen LogP contribution in [0.4, 0.5) is 0 Å². The Morgan fingerprint density at radius 1 is 1.38 bits per heavy atom. The zero-order valence-corrected chi connectivity index (χ0v) is 12.3. The molecule has 112 valence electrons. The second kappa shape index (κ2) is 5.48. The molecular weight excluding hydrogens is 290 g/mol. The van der Waals surface area contributed by atoms with Gasteiger partial charge in [-0.2, -0.15) is 5.10 Å². The Morgan fingerprint density at radius 2 is 2.19 bits per heavy atom. The van der Waals surface area contributed by atoms with Gasteiger partial charge in [0.1, 0.15) is 0 Å². The molecule has 0 spiro atoms. The minimum atomic E-state index is -2.96. The highest BCUT2D eigenvalue weighted by atomic mass is 32.2. The van der Waals surface area contributed by atoms with Crippen LogP contribution in [-0.2, 0) is 21.2 Å². The van der Waals surface area contributed by atoms with E-state index in [1.54, 1.807) is 10.9 Å². The van der Waals surface area contributed by atoms with Crippen LogP contribution in [0, 0.1) is 0 Å².